The van der Waals surface area contributed by atoms with Crippen molar-refractivity contribution < 1.29 is 4.74 Å². The van der Waals surface area contributed by atoms with Gasteiger partial charge < -0.3 is 15.0 Å². The zero-order valence-corrected chi connectivity index (χ0v) is 12.1. The minimum absolute atomic E-state index is 0.0362. The topological polar surface area (TPSA) is 57.2 Å². The van der Waals surface area contributed by atoms with E-state index in [4.69, 9.17) is 10.5 Å². The monoisotopic (exact) mass is 272 g/mol. The number of hydrogen-bond donors (Lipinski definition) is 1. The fourth-order valence-electron chi connectivity index (χ4n) is 2.34. The van der Waals surface area contributed by atoms with Crippen LogP contribution in [0.4, 0.5) is 0 Å². The molecule has 0 atom stereocenters. The lowest BCUT2D eigenvalue weighted by Gasteiger charge is -2.19. The summed E-state index contributed by atoms with van der Waals surface area (Å²) in [6.45, 7) is 4.22. The van der Waals surface area contributed by atoms with E-state index in [0.717, 1.165) is 17.0 Å². The molecule has 2 rings (SSSR count). The van der Waals surface area contributed by atoms with Crippen LogP contribution in [0.1, 0.15) is 25.5 Å². The van der Waals surface area contributed by atoms with Gasteiger partial charge in [0, 0.05) is 23.7 Å². The maximum atomic E-state index is 12.5. The third kappa shape index (κ3) is 2.47. The maximum absolute atomic E-state index is 12.5. The average Bonchev–Trinajstić information content (AvgIpc) is 2.46. The quantitative estimate of drug-likeness (QED) is 0.930. The van der Waals surface area contributed by atoms with E-state index in [1.54, 1.807) is 17.7 Å². The van der Waals surface area contributed by atoms with E-state index in [9.17, 15) is 4.79 Å². The second-order valence-corrected chi connectivity index (χ2v) is 4.92. The lowest BCUT2D eigenvalue weighted by molar-refractivity contribution is 0.415. The van der Waals surface area contributed by atoms with Gasteiger partial charge in [-0.2, -0.15) is 0 Å². The molecule has 0 aliphatic heterocycles. The molecule has 4 nitrogen and oxygen atoms in total. The number of ether oxygens (including phenoxy) is 1. The van der Waals surface area contributed by atoms with Crippen LogP contribution < -0.4 is 16.0 Å². The van der Waals surface area contributed by atoms with Crippen molar-refractivity contribution in [3.63, 3.8) is 0 Å². The highest BCUT2D eigenvalue weighted by atomic mass is 16.5. The molecule has 2 aromatic rings. The Morgan fingerprint density at radius 1 is 1.20 bits per heavy atom. The Hall–Kier alpha value is -2.07. The number of methoxy groups -OCH3 is 1. The molecule has 1 heterocycles. The predicted octanol–water partition coefficient (Wildman–Crippen LogP) is 2.56. The minimum Gasteiger partial charge on any atom is -0.496 e. The van der Waals surface area contributed by atoms with E-state index >= 15 is 0 Å². The molecule has 0 aliphatic rings. The molecule has 0 aliphatic carbocycles. The molecule has 20 heavy (non-hydrogen) atoms. The summed E-state index contributed by atoms with van der Waals surface area (Å²) >= 11 is 0. The summed E-state index contributed by atoms with van der Waals surface area (Å²) in [7, 11) is 1.63. The van der Waals surface area contributed by atoms with Gasteiger partial charge in [-0.3, -0.25) is 4.79 Å². The van der Waals surface area contributed by atoms with Crippen molar-refractivity contribution in [2.45, 2.75) is 26.4 Å². The van der Waals surface area contributed by atoms with Crippen molar-refractivity contribution in [1.29, 1.82) is 0 Å². The Kier molecular flexibility index (Phi) is 4.25. The van der Waals surface area contributed by atoms with Crippen LogP contribution in [0.2, 0.25) is 0 Å². The largest absolute Gasteiger partial charge is 0.496 e. The zero-order chi connectivity index (χ0) is 14.7. The molecule has 0 fully saturated rings. The van der Waals surface area contributed by atoms with Crippen LogP contribution in [0.15, 0.2) is 41.2 Å². The van der Waals surface area contributed by atoms with Crippen molar-refractivity contribution >= 4 is 0 Å². The molecule has 0 bridgehead atoms. The summed E-state index contributed by atoms with van der Waals surface area (Å²) in [6, 6.07) is 11.5. The van der Waals surface area contributed by atoms with Gasteiger partial charge in [-0.15, -0.1) is 0 Å². The third-order valence-electron chi connectivity index (χ3n) is 3.31. The molecule has 1 aromatic carbocycles. The second kappa shape index (κ2) is 5.92. The van der Waals surface area contributed by atoms with Crippen molar-refractivity contribution in [2.75, 3.05) is 7.11 Å². The van der Waals surface area contributed by atoms with Gasteiger partial charge in [-0.1, -0.05) is 18.2 Å². The smallest absolute Gasteiger partial charge is 0.255 e. The fraction of sp³-hybridized carbons (Fsp3) is 0.312. The summed E-state index contributed by atoms with van der Waals surface area (Å²) < 4.78 is 7.15. The van der Waals surface area contributed by atoms with Crippen LogP contribution in [0, 0.1) is 0 Å². The van der Waals surface area contributed by atoms with E-state index in [0.29, 0.717) is 5.56 Å². The summed E-state index contributed by atoms with van der Waals surface area (Å²) in [6.07, 6.45) is 0. The maximum Gasteiger partial charge on any atom is 0.255 e. The minimum atomic E-state index is -0.0362. The molecular formula is C16H20N2O2. The predicted molar refractivity (Wildman–Crippen MR) is 81.0 cm³/mol. The molecule has 1 aromatic heterocycles. The summed E-state index contributed by atoms with van der Waals surface area (Å²) in [5.41, 5.74) is 7.97. The zero-order valence-electron chi connectivity index (χ0n) is 12.1. The van der Waals surface area contributed by atoms with Crippen molar-refractivity contribution in [3.8, 4) is 17.0 Å². The first-order valence-electron chi connectivity index (χ1n) is 6.68. The summed E-state index contributed by atoms with van der Waals surface area (Å²) in [4.78, 5) is 12.5. The fourth-order valence-corrected chi connectivity index (χ4v) is 2.34. The lowest BCUT2D eigenvalue weighted by Crippen LogP contribution is -2.27. The SMILES string of the molecule is COc1ccccc1-c1ccc(CN)c(=O)n1C(C)C. The van der Waals surface area contributed by atoms with Gasteiger partial charge in [-0.05, 0) is 32.0 Å². The van der Waals surface area contributed by atoms with Gasteiger partial charge in [0.15, 0.2) is 0 Å². The highest BCUT2D eigenvalue weighted by Crippen LogP contribution is 2.30. The van der Waals surface area contributed by atoms with Gasteiger partial charge >= 0.3 is 0 Å². The molecule has 0 radical (unpaired) electrons. The van der Waals surface area contributed by atoms with Crippen LogP contribution in [-0.4, -0.2) is 11.7 Å². The van der Waals surface area contributed by atoms with Crippen molar-refractivity contribution in [3.05, 3.63) is 52.3 Å². The third-order valence-corrected chi connectivity index (χ3v) is 3.31. The summed E-state index contributed by atoms with van der Waals surface area (Å²) in [5.74, 6) is 0.752. The van der Waals surface area contributed by atoms with E-state index in [1.165, 1.54) is 0 Å². The van der Waals surface area contributed by atoms with Crippen LogP contribution >= 0.6 is 0 Å². The number of aromatic nitrogens is 1. The molecule has 0 saturated carbocycles. The van der Waals surface area contributed by atoms with E-state index < -0.39 is 0 Å². The molecule has 0 unspecified atom stereocenters. The number of pyridine rings is 1. The first-order chi connectivity index (χ1) is 9.60. The lowest BCUT2D eigenvalue weighted by atomic mass is 10.1. The Labute approximate surface area is 118 Å². The van der Waals surface area contributed by atoms with Gasteiger partial charge in [0.05, 0.1) is 12.8 Å². The van der Waals surface area contributed by atoms with Gasteiger partial charge in [0.1, 0.15) is 5.75 Å². The number of hydrogen-bond acceptors (Lipinski definition) is 3. The highest BCUT2D eigenvalue weighted by Gasteiger charge is 2.14. The van der Waals surface area contributed by atoms with Crippen LogP contribution in [0.25, 0.3) is 11.3 Å². The second-order valence-electron chi connectivity index (χ2n) is 4.92. The Morgan fingerprint density at radius 3 is 2.50 bits per heavy atom. The van der Waals surface area contributed by atoms with E-state index in [2.05, 4.69) is 0 Å². The number of para-hydroxylation sites is 1. The van der Waals surface area contributed by atoms with Crippen LogP contribution in [-0.2, 0) is 6.54 Å². The number of benzene rings is 1. The molecular weight excluding hydrogens is 252 g/mol. The van der Waals surface area contributed by atoms with E-state index in [1.807, 2.05) is 44.2 Å². The molecule has 0 spiro atoms. The van der Waals surface area contributed by atoms with Crippen molar-refractivity contribution in [1.82, 2.24) is 4.57 Å². The molecule has 0 saturated heterocycles. The molecule has 4 heteroatoms. The average molecular weight is 272 g/mol. The summed E-state index contributed by atoms with van der Waals surface area (Å²) in [5, 5.41) is 0. The number of rotatable bonds is 4. The van der Waals surface area contributed by atoms with Crippen molar-refractivity contribution in [2.24, 2.45) is 5.73 Å². The van der Waals surface area contributed by atoms with Gasteiger partial charge in [0.2, 0.25) is 0 Å². The standard InChI is InChI=1S/C16H20N2O2/c1-11(2)18-14(9-8-12(10-17)16(18)19)13-6-4-5-7-15(13)20-3/h4-9,11H,10,17H2,1-3H3. The first kappa shape index (κ1) is 14.3. The Balaban J connectivity index is 2.74. The van der Waals surface area contributed by atoms with Crippen LogP contribution in [0.5, 0.6) is 5.75 Å². The Morgan fingerprint density at radius 2 is 1.90 bits per heavy atom. The van der Waals surface area contributed by atoms with E-state index in [-0.39, 0.29) is 18.1 Å². The normalized spacial score (nSPS) is 10.8. The van der Waals surface area contributed by atoms with Gasteiger partial charge in [0.25, 0.3) is 5.56 Å². The molecule has 2 N–H and O–H groups in total. The highest BCUT2D eigenvalue weighted by molar-refractivity contribution is 5.67. The number of nitrogens with zero attached hydrogens (tertiary/aromatic N) is 1. The Bertz CT molecular complexity index is 660. The van der Waals surface area contributed by atoms with Gasteiger partial charge in [-0.25, -0.2) is 0 Å². The molecule has 0 amide bonds. The molecule has 106 valence electrons. The van der Waals surface area contributed by atoms with Crippen LogP contribution in [0.3, 0.4) is 0 Å². The number of nitrogens with two attached hydrogens (primary N) is 1. The first-order valence-corrected chi connectivity index (χ1v) is 6.68.